The smallest absolute Gasteiger partial charge is 0.448 e. The van der Waals surface area contributed by atoms with Crippen LogP contribution in [0.15, 0.2) is 28.9 Å². The average Bonchev–Trinajstić information content (AvgIpc) is 3.13. The second kappa shape index (κ2) is 5.41. The third kappa shape index (κ3) is 2.80. The van der Waals surface area contributed by atoms with Crippen LogP contribution in [0.1, 0.15) is 28.9 Å². The van der Waals surface area contributed by atoms with Gasteiger partial charge < -0.3 is 23.9 Å². The summed E-state index contributed by atoms with van der Waals surface area (Å²) in [5.74, 6) is -0.156. The van der Waals surface area contributed by atoms with Gasteiger partial charge in [0.1, 0.15) is 6.26 Å². The third-order valence-electron chi connectivity index (χ3n) is 4.28. The fraction of sp³-hybridized carbons (Fsp3) is 0.375. The van der Waals surface area contributed by atoms with E-state index in [0.717, 1.165) is 0 Å². The average molecular weight is 352 g/mol. The molecule has 0 radical (unpaired) electrons. The van der Waals surface area contributed by atoms with Crippen molar-refractivity contribution in [3.05, 3.63) is 41.6 Å². The summed E-state index contributed by atoms with van der Waals surface area (Å²) < 4.78 is 40.1. The molecule has 0 unspecified atom stereocenters. The molecule has 2 aromatic rings. The lowest BCUT2D eigenvalue weighted by Crippen LogP contribution is -2.60. The van der Waals surface area contributed by atoms with Gasteiger partial charge in [-0.3, -0.25) is 4.79 Å². The highest BCUT2D eigenvalue weighted by molar-refractivity contribution is 5.92. The van der Waals surface area contributed by atoms with Crippen LogP contribution in [0.25, 0.3) is 0 Å². The van der Waals surface area contributed by atoms with Gasteiger partial charge in [0.25, 0.3) is 5.91 Å². The van der Waals surface area contributed by atoms with Crippen molar-refractivity contribution in [1.82, 2.24) is 9.88 Å². The standard InChI is InChI=1S/C16H14F2N2O5/c1-8-11(21)6-20(8)15(22)10-7-23-14(19-10)5-9-2-3-12-13(4-9)25-16(17,18)24-12/h2-4,7-8,11,21H,5-6H2,1H3/t8-,11-/m0/s1. The van der Waals surface area contributed by atoms with Crippen LogP contribution in [0.2, 0.25) is 0 Å². The van der Waals surface area contributed by atoms with Crippen molar-refractivity contribution in [3.8, 4) is 11.5 Å². The van der Waals surface area contributed by atoms with E-state index in [-0.39, 0.29) is 48.0 Å². The number of carbonyl (C=O) groups is 1. The number of rotatable bonds is 3. The van der Waals surface area contributed by atoms with E-state index in [0.29, 0.717) is 5.56 Å². The lowest BCUT2D eigenvalue weighted by molar-refractivity contribution is -0.286. The Morgan fingerprint density at radius 1 is 1.40 bits per heavy atom. The van der Waals surface area contributed by atoms with Crippen LogP contribution in [-0.4, -0.2) is 45.9 Å². The maximum Gasteiger partial charge on any atom is 0.586 e. The molecule has 0 aliphatic carbocycles. The molecule has 0 bridgehead atoms. The molecule has 3 heterocycles. The summed E-state index contributed by atoms with van der Waals surface area (Å²) in [5, 5.41) is 9.48. The Labute approximate surface area is 140 Å². The van der Waals surface area contributed by atoms with Crippen LogP contribution in [0, 0.1) is 0 Å². The number of aliphatic hydroxyl groups excluding tert-OH is 1. The molecule has 9 heteroatoms. The third-order valence-corrected chi connectivity index (χ3v) is 4.28. The van der Waals surface area contributed by atoms with Gasteiger partial charge in [-0.2, -0.15) is 0 Å². The van der Waals surface area contributed by atoms with Crippen molar-refractivity contribution in [2.24, 2.45) is 0 Å². The van der Waals surface area contributed by atoms with E-state index in [4.69, 9.17) is 4.42 Å². The van der Waals surface area contributed by atoms with Gasteiger partial charge in [0.05, 0.1) is 12.1 Å². The van der Waals surface area contributed by atoms with E-state index in [2.05, 4.69) is 14.5 Å². The molecule has 1 aromatic carbocycles. The Bertz CT molecular complexity index is 838. The number of amides is 1. The minimum atomic E-state index is -3.66. The SMILES string of the molecule is C[C@H]1[C@@H](O)CN1C(=O)c1coc(Cc2ccc3c(c2)OC(F)(F)O3)n1. The number of carbonyl (C=O) groups excluding carboxylic acids is 1. The molecule has 1 saturated heterocycles. The first-order chi connectivity index (χ1) is 11.8. The molecule has 132 valence electrons. The van der Waals surface area contributed by atoms with Gasteiger partial charge >= 0.3 is 6.29 Å². The molecule has 1 N–H and O–H groups in total. The number of alkyl halides is 2. The first-order valence-corrected chi connectivity index (χ1v) is 7.64. The topological polar surface area (TPSA) is 85.0 Å². The molecule has 2 atom stereocenters. The first kappa shape index (κ1) is 15.8. The Morgan fingerprint density at radius 2 is 2.16 bits per heavy atom. The number of halogens is 2. The molecule has 7 nitrogen and oxygen atoms in total. The summed E-state index contributed by atoms with van der Waals surface area (Å²) in [5.41, 5.74) is 0.759. The van der Waals surface area contributed by atoms with E-state index in [1.165, 1.54) is 23.3 Å². The van der Waals surface area contributed by atoms with Gasteiger partial charge in [0.15, 0.2) is 23.1 Å². The molecule has 2 aliphatic rings. The van der Waals surface area contributed by atoms with Crippen LogP contribution in [0.5, 0.6) is 11.5 Å². The lowest BCUT2D eigenvalue weighted by Gasteiger charge is -2.42. The van der Waals surface area contributed by atoms with E-state index in [1.807, 2.05) is 0 Å². The molecule has 1 aromatic heterocycles. The monoisotopic (exact) mass is 352 g/mol. The van der Waals surface area contributed by atoms with Gasteiger partial charge in [-0.05, 0) is 24.6 Å². The number of hydrogen-bond donors (Lipinski definition) is 1. The largest absolute Gasteiger partial charge is 0.586 e. The molecule has 0 spiro atoms. The zero-order valence-electron chi connectivity index (χ0n) is 13.1. The number of aliphatic hydroxyl groups is 1. The summed E-state index contributed by atoms with van der Waals surface area (Å²) in [6.07, 6.45) is -2.74. The molecular formula is C16H14F2N2O5. The predicted molar refractivity (Wildman–Crippen MR) is 78.5 cm³/mol. The van der Waals surface area contributed by atoms with Crippen LogP contribution >= 0.6 is 0 Å². The maximum atomic E-state index is 13.0. The number of fused-ring (bicyclic) bond motifs is 1. The number of likely N-dealkylation sites (tertiary alicyclic amines) is 1. The van der Waals surface area contributed by atoms with Gasteiger partial charge in [0.2, 0.25) is 0 Å². The molecule has 1 amide bonds. The van der Waals surface area contributed by atoms with E-state index >= 15 is 0 Å². The van der Waals surface area contributed by atoms with Crippen molar-refractivity contribution >= 4 is 5.91 Å². The normalized spacial score (nSPS) is 23.4. The predicted octanol–water partition coefficient (Wildman–Crippen LogP) is 1.79. The van der Waals surface area contributed by atoms with Crippen LogP contribution in [-0.2, 0) is 6.42 Å². The minimum absolute atomic E-state index is 0.0395. The molecule has 2 aliphatic heterocycles. The number of oxazole rings is 1. The summed E-state index contributed by atoms with van der Waals surface area (Å²) in [6, 6.07) is 4.12. The van der Waals surface area contributed by atoms with Crippen LogP contribution in [0.4, 0.5) is 8.78 Å². The Balaban J connectivity index is 1.46. The second-order valence-electron chi connectivity index (χ2n) is 6.02. The van der Waals surface area contributed by atoms with E-state index < -0.39 is 12.4 Å². The molecule has 25 heavy (non-hydrogen) atoms. The zero-order chi connectivity index (χ0) is 17.8. The Morgan fingerprint density at radius 3 is 2.88 bits per heavy atom. The highest BCUT2D eigenvalue weighted by Crippen LogP contribution is 2.41. The maximum absolute atomic E-state index is 13.0. The van der Waals surface area contributed by atoms with E-state index in [9.17, 15) is 18.7 Å². The van der Waals surface area contributed by atoms with Crippen molar-refractivity contribution in [3.63, 3.8) is 0 Å². The zero-order valence-corrected chi connectivity index (χ0v) is 13.1. The fourth-order valence-electron chi connectivity index (χ4n) is 2.77. The fourth-order valence-corrected chi connectivity index (χ4v) is 2.77. The van der Waals surface area contributed by atoms with Gasteiger partial charge in [-0.1, -0.05) is 6.07 Å². The molecule has 4 rings (SSSR count). The quantitative estimate of drug-likeness (QED) is 0.907. The first-order valence-electron chi connectivity index (χ1n) is 7.64. The highest BCUT2D eigenvalue weighted by atomic mass is 19.3. The Hall–Kier alpha value is -2.68. The number of aromatic nitrogens is 1. The number of benzene rings is 1. The summed E-state index contributed by atoms with van der Waals surface area (Å²) in [7, 11) is 0. The second-order valence-corrected chi connectivity index (χ2v) is 6.02. The summed E-state index contributed by atoms with van der Waals surface area (Å²) >= 11 is 0. The Kier molecular flexibility index (Phi) is 3.43. The van der Waals surface area contributed by atoms with Crippen LogP contribution < -0.4 is 9.47 Å². The van der Waals surface area contributed by atoms with Crippen molar-refractivity contribution in [2.75, 3.05) is 6.54 Å². The highest BCUT2D eigenvalue weighted by Gasteiger charge is 2.43. The summed E-state index contributed by atoms with van der Waals surface area (Å²) in [4.78, 5) is 17.9. The van der Waals surface area contributed by atoms with Crippen LogP contribution in [0.3, 0.4) is 0 Å². The van der Waals surface area contributed by atoms with Gasteiger partial charge in [-0.25, -0.2) is 4.98 Å². The molecular weight excluding hydrogens is 338 g/mol. The van der Waals surface area contributed by atoms with Gasteiger partial charge in [0, 0.05) is 13.0 Å². The summed E-state index contributed by atoms with van der Waals surface area (Å²) in [6.45, 7) is 2.01. The minimum Gasteiger partial charge on any atom is -0.448 e. The number of ether oxygens (including phenoxy) is 2. The number of nitrogens with zero attached hydrogens (tertiary/aromatic N) is 2. The molecule has 0 saturated carbocycles. The van der Waals surface area contributed by atoms with Gasteiger partial charge in [-0.15, -0.1) is 8.78 Å². The van der Waals surface area contributed by atoms with Crippen molar-refractivity contribution in [2.45, 2.75) is 31.8 Å². The molecule has 1 fully saturated rings. The number of β-amino-alcohol motifs (C(OH)–C–C–N with tert-alkyl or cyclic N) is 1. The lowest BCUT2D eigenvalue weighted by atomic mass is 10.0. The number of hydrogen-bond acceptors (Lipinski definition) is 6. The van der Waals surface area contributed by atoms with E-state index in [1.54, 1.807) is 13.0 Å². The van der Waals surface area contributed by atoms with Crippen molar-refractivity contribution < 1.29 is 32.6 Å². The van der Waals surface area contributed by atoms with Crippen molar-refractivity contribution in [1.29, 1.82) is 0 Å².